The maximum absolute atomic E-state index is 12.9. The number of rotatable bonds is 19. The molecular weight excluding hydrogens is 869 g/mol. The summed E-state index contributed by atoms with van der Waals surface area (Å²) in [6.07, 6.45) is 4.86. The second kappa shape index (κ2) is 22.1. The van der Waals surface area contributed by atoms with E-state index in [1.165, 1.54) is 22.6 Å². The van der Waals surface area contributed by atoms with Crippen LogP contribution in [-0.2, 0) is 9.59 Å². The topological polar surface area (TPSA) is 156 Å². The summed E-state index contributed by atoms with van der Waals surface area (Å²) in [6, 6.07) is 29.0. The lowest BCUT2D eigenvalue weighted by Crippen LogP contribution is -2.47. The molecule has 0 spiro atoms. The molecule has 4 unspecified atom stereocenters. The smallest absolute Gasteiger partial charge is 0.222 e. The van der Waals surface area contributed by atoms with Crippen molar-refractivity contribution in [2.45, 2.75) is 113 Å². The zero-order chi connectivity index (χ0) is 46.2. The van der Waals surface area contributed by atoms with Gasteiger partial charge in [0.25, 0.3) is 0 Å². The second-order valence-corrected chi connectivity index (χ2v) is 19.3. The predicted octanol–water partition coefficient (Wildman–Crippen LogP) is 6.81. The molecule has 4 aliphatic heterocycles. The Morgan fingerprint density at radius 2 is 1.00 bits per heavy atom. The largest absolute Gasteiger partial charge is 0.497 e. The Morgan fingerprint density at radius 1 is 0.591 bits per heavy atom. The first-order valence-electron chi connectivity index (χ1n) is 23.3. The van der Waals surface area contributed by atoms with Crippen LogP contribution in [-0.4, -0.2) is 98.8 Å². The Hall–Kier alpha value is -5.10. The molecule has 16 heteroatoms. The first-order valence-corrected chi connectivity index (χ1v) is 25.3. The van der Waals surface area contributed by atoms with E-state index in [4.69, 9.17) is 19.5 Å². The molecule has 4 aliphatic rings. The summed E-state index contributed by atoms with van der Waals surface area (Å²) in [7, 11) is 3.37. The van der Waals surface area contributed by atoms with Crippen LogP contribution in [0.1, 0.15) is 88.5 Å². The van der Waals surface area contributed by atoms with Crippen LogP contribution in [0.5, 0.6) is 11.5 Å². The number of amides is 2. The van der Waals surface area contributed by atoms with E-state index in [1.54, 1.807) is 14.2 Å². The Bertz CT molecular complexity index is 2220. The number of nitrogens with one attached hydrogen (secondary N) is 6. The third-order valence-electron chi connectivity index (χ3n) is 12.5. The highest BCUT2D eigenvalue weighted by Gasteiger charge is 2.42. The molecule has 4 heterocycles. The zero-order valence-electron chi connectivity index (χ0n) is 38.9. The van der Waals surface area contributed by atoms with E-state index in [9.17, 15) is 9.59 Å². The van der Waals surface area contributed by atoms with Crippen LogP contribution in [0.4, 0.5) is 11.4 Å². The zero-order valence-corrected chi connectivity index (χ0v) is 40.5. The van der Waals surface area contributed by atoms with Crippen molar-refractivity contribution in [1.29, 1.82) is 0 Å². The lowest BCUT2D eigenvalue weighted by Gasteiger charge is -2.31. The number of thioether (sulfide) groups is 2. The number of hydrogen-bond acceptors (Lipinski definition) is 14. The molecule has 2 amide bonds. The number of benzene rings is 4. The van der Waals surface area contributed by atoms with E-state index in [0.717, 1.165) is 80.9 Å². The van der Waals surface area contributed by atoms with Gasteiger partial charge in [-0.2, -0.15) is 0 Å². The third-order valence-corrected chi connectivity index (χ3v) is 14.7. The van der Waals surface area contributed by atoms with Crippen molar-refractivity contribution in [1.82, 2.24) is 32.3 Å². The van der Waals surface area contributed by atoms with Gasteiger partial charge in [0.15, 0.2) is 0 Å². The minimum absolute atomic E-state index is 0.00364. The van der Waals surface area contributed by atoms with Crippen molar-refractivity contribution >= 4 is 58.1 Å². The Kier molecular flexibility index (Phi) is 15.9. The Labute approximate surface area is 397 Å². The SMILES string of the molecule is CCNC(=O)C[C@@H]1N=C(c2ccc(SCCCCCCSc3ccc(C4=N[C@@H](CC(=O)NCC)C5NNC(C)N5c5ccc(OC)cc54)cc3)cc2)c2cc(OC)ccc2N2C(C)NNC12. The van der Waals surface area contributed by atoms with E-state index < -0.39 is 0 Å². The van der Waals surface area contributed by atoms with Crippen molar-refractivity contribution in [3.8, 4) is 11.5 Å². The van der Waals surface area contributed by atoms with Gasteiger partial charge < -0.3 is 29.9 Å². The molecule has 8 rings (SSSR count). The number of fused-ring (bicyclic) bond motifs is 6. The number of carbonyl (C=O) groups is 2. The predicted molar refractivity (Wildman–Crippen MR) is 268 cm³/mol. The molecule has 350 valence electrons. The normalized spacial score (nSPS) is 21.9. The van der Waals surface area contributed by atoms with Gasteiger partial charge in [-0.05, 0) is 113 Å². The van der Waals surface area contributed by atoms with Gasteiger partial charge in [-0.3, -0.25) is 19.6 Å². The summed E-state index contributed by atoms with van der Waals surface area (Å²) >= 11 is 3.78. The number of hydrazine groups is 2. The molecule has 0 aromatic heterocycles. The second-order valence-electron chi connectivity index (χ2n) is 17.0. The maximum Gasteiger partial charge on any atom is 0.222 e. The fourth-order valence-corrected chi connectivity index (χ4v) is 11.1. The van der Waals surface area contributed by atoms with Crippen LogP contribution in [0.25, 0.3) is 0 Å². The van der Waals surface area contributed by atoms with Crippen molar-refractivity contribution in [2.75, 3.05) is 48.6 Å². The maximum atomic E-state index is 12.9. The minimum atomic E-state index is -0.314. The third kappa shape index (κ3) is 10.7. The molecule has 4 aromatic rings. The molecule has 0 bridgehead atoms. The van der Waals surface area contributed by atoms with Crippen molar-refractivity contribution in [2.24, 2.45) is 9.98 Å². The van der Waals surface area contributed by atoms with Gasteiger partial charge in [-0.1, -0.05) is 37.1 Å². The van der Waals surface area contributed by atoms with Gasteiger partial charge in [-0.15, -0.1) is 23.5 Å². The molecule has 14 nitrogen and oxygen atoms in total. The summed E-state index contributed by atoms with van der Waals surface area (Å²) in [6.45, 7) is 9.26. The number of carbonyl (C=O) groups excluding carboxylic acids is 2. The van der Waals surface area contributed by atoms with Crippen LogP contribution in [0.3, 0.4) is 0 Å². The number of anilines is 2. The summed E-state index contributed by atoms with van der Waals surface area (Å²) in [4.78, 5) is 43.5. The number of hydrogen-bond donors (Lipinski definition) is 6. The fourth-order valence-electron chi connectivity index (χ4n) is 9.23. The lowest BCUT2D eigenvalue weighted by molar-refractivity contribution is -0.122. The van der Waals surface area contributed by atoms with Crippen molar-refractivity contribution in [3.05, 3.63) is 107 Å². The van der Waals surface area contributed by atoms with E-state index in [2.05, 4.69) is 129 Å². The molecule has 0 saturated carbocycles. The van der Waals surface area contributed by atoms with Gasteiger partial charge in [-0.25, -0.2) is 21.7 Å². The van der Waals surface area contributed by atoms with Gasteiger partial charge in [0, 0.05) is 56.5 Å². The van der Waals surface area contributed by atoms with Crippen LogP contribution in [0.2, 0.25) is 0 Å². The number of unbranched alkanes of at least 4 members (excludes halogenated alkanes) is 3. The average molecular weight is 933 g/mol. The van der Waals surface area contributed by atoms with E-state index in [-0.39, 0.29) is 61.4 Å². The quantitative estimate of drug-likeness (QED) is 0.0432. The van der Waals surface area contributed by atoms with E-state index in [1.807, 2.05) is 49.5 Å². The van der Waals surface area contributed by atoms with E-state index in [0.29, 0.717) is 13.1 Å². The molecule has 0 aliphatic carbocycles. The van der Waals surface area contributed by atoms with Gasteiger partial charge in [0.1, 0.15) is 23.8 Å². The van der Waals surface area contributed by atoms with Crippen molar-refractivity contribution in [3.63, 3.8) is 0 Å². The fraction of sp³-hybridized carbons (Fsp3) is 0.440. The van der Waals surface area contributed by atoms with E-state index >= 15 is 0 Å². The first-order chi connectivity index (χ1) is 32.2. The number of aliphatic imine (C=N–C) groups is 2. The highest BCUT2D eigenvalue weighted by molar-refractivity contribution is 7.99. The van der Waals surface area contributed by atoms with Crippen LogP contribution < -0.4 is 51.6 Å². The number of ether oxygens (including phenoxy) is 2. The molecule has 2 fully saturated rings. The monoisotopic (exact) mass is 932 g/mol. The van der Waals surface area contributed by atoms with Crippen LogP contribution in [0.15, 0.2) is 105 Å². The first kappa shape index (κ1) is 47.4. The molecule has 6 N–H and O–H groups in total. The highest BCUT2D eigenvalue weighted by Crippen LogP contribution is 2.38. The van der Waals surface area contributed by atoms with Gasteiger partial charge in [0.2, 0.25) is 11.8 Å². The molecule has 6 atom stereocenters. The summed E-state index contributed by atoms with van der Waals surface area (Å²) in [5.74, 6) is 3.62. The molecule has 4 aromatic carbocycles. The average Bonchev–Trinajstić information content (AvgIpc) is 3.83. The lowest BCUT2D eigenvalue weighted by atomic mass is 9.99. The standard InChI is InChI=1S/C50H64N10O4S2/c1-7-51-45(61)29-41-49-57-55-31(3)59(49)43-23-17-35(63-5)27-39(43)47(53-41)33-13-19-37(20-14-33)65-25-11-9-10-12-26-66-38-21-15-34(16-22-38)48-40-28-36(64-6)18-24-44(40)60-32(4)56-58-50(60)42(54-48)30-46(62)52-8-2/h13-24,27-28,31-32,41-42,49-50,55-58H,7-12,25-26,29-30H2,1-6H3,(H,51,61)(H,52,62)/t31?,32?,41-,42-,49?,50?/m0/s1. The van der Waals surface area contributed by atoms with Gasteiger partial charge >= 0.3 is 0 Å². The summed E-state index contributed by atoms with van der Waals surface area (Å²) in [5, 5.41) is 5.93. The highest BCUT2D eigenvalue weighted by atomic mass is 32.2. The van der Waals surface area contributed by atoms with Crippen molar-refractivity contribution < 1.29 is 19.1 Å². The molecule has 66 heavy (non-hydrogen) atoms. The Morgan fingerprint density at radius 3 is 1.38 bits per heavy atom. The number of methoxy groups -OCH3 is 2. The Balaban J connectivity index is 0.849. The summed E-state index contributed by atoms with van der Waals surface area (Å²) in [5.41, 5.74) is 21.3. The van der Waals surface area contributed by atoms with Crippen LogP contribution in [0, 0.1) is 0 Å². The summed E-state index contributed by atoms with van der Waals surface area (Å²) < 4.78 is 11.3. The number of nitrogens with zero attached hydrogens (tertiary/aromatic N) is 4. The van der Waals surface area contributed by atoms with Gasteiger partial charge in [0.05, 0.1) is 62.9 Å². The molecule has 2 saturated heterocycles. The minimum Gasteiger partial charge on any atom is -0.497 e. The molecular formula is C50H64N10O4S2. The van der Waals surface area contributed by atoms with Crippen LogP contribution >= 0.6 is 23.5 Å². The molecule has 0 radical (unpaired) electrons.